The summed E-state index contributed by atoms with van der Waals surface area (Å²) in [6.45, 7) is 3.62. The van der Waals surface area contributed by atoms with Crippen molar-refractivity contribution in [3.05, 3.63) is 66.4 Å². The fourth-order valence-corrected chi connectivity index (χ4v) is 3.49. The number of hydrogen-bond donors (Lipinski definition) is 0. The van der Waals surface area contributed by atoms with E-state index in [4.69, 9.17) is 4.74 Å². The number of halogens is 1. The third-order valence-electron chi connectivity index (χ3n) is 5.00. The van der Waals surface area contributed by atoms with Gasteiger partial charge in [-0.1, -0.05) is 12.1 Å². The van der Waals surface area contributed by atoms with Crippen molar-refractivity contribution in [2.24, 2.45) is 0 Å². The number of para-hydroxylation sites is 1. The minimum Gasteiger partial charge on any atom is -0.450 e. The Balaban J connectivity index is 1.63. The van der Waals surface area contributed by atoms with E-state index in [1.165, 1.54) is 16.9 Å². The Kier molecular flexibility index (Phi) is 5.51. The van der Waals surface area contributed by atoms with Crippen molar-refractivity contribution in [1.82, 2.24) is 24.1 Å². The zero-order chi connectivity index (χ0) is 21.1. The van der Waals surface area contributed by atoms with Gasteiger partial charge < -0.3 is 19.1 Å². The van der Waals surface area contributed by atoms with Gasteiger partial charge in [-0.25, -0.2) is 13.9 Å². The summed E-state index contributed by atoms with van der Waals surface area (Å²) in [5.41, 5.74) is 0.617. The van der Waals surface area contributed by atoms with Gasteiger partial charge >= 0.3 is 6.09 Å². The number of piperazine rings is 1. The summed E-state index contributed by atoms with van der Waals surface area (Å²) in [5, 5.41) is 4.31. The molecule has 156 valence electrons. The topological polar surface area (TPSA) is 72.6 Å². The van der Waals surface area contributed by atoms with E-state index in [-0.39, 0.29) is 17.7 Å². The lowest BCUT2D eigenvalue weighted by Crippen LogP contribution is -2.50. The van der Waals surface area contributed by atoms with E-state index in [9.17, 15) is 14.0 Å². The summed E-state index contributed by atoms with van der Waals surface area (Å²) >= 11 is 0. The Morgan fingerprint density at radius 1 is 1.03 bits per heavy atom. The van der Waals surface area contributed by atoms with Gasteiger partial charge in [0.25, 0.3) is 5.91 Å². The molecule has 0 aliphatic carbocycles. The minimum absolute atomic E-state index is 0.218. The molecule has 2 aromatic heterocycles. The number of hydrogen-bond acceptors (Lipinski definition) is 4. The van der Waals surface area contributed by atoms with Crippen molar-refractivity contribution < 1.29 is 18.7 Å². The first-order chi connectivity index (χ1) is 14.6. The van der Waals surface area contributed by atoms with E-state index in [1.807, 2.05) is 12.1 Å². The maximum Gasteiger partial charge on any atom is 0.409 e. The van der Waals surface area contributed by atoms with E-state index >= 15 is 0 Å². The van der Waals surface area contributed by atoms with Crippen LogP contribution < -0.4 is 0 Å². The van der Waals surface area contributed by atoms with E-state index < -0.39 is 5.82 Å². The number of carbonyl (C=O) groups excluding carboxylic acids is 2. The highest BCUT2D eigenvalue weighted by Crippen LogP contribution is 2.23. The number of carbonyl (C=O) groups is 2. The molecule has 30 heavy (non-hydrogen) atoms. The predicted octanol–water partition coefficient (Wildman–Crippen LogP) is 2.72. The molecule has 3 heterocycles. The molecule has 1 saturated heterocycles. The van der Waals surface area contributed by atoms with Gasteiger partial charge in [-0.15, -0.1) is 0 Å². The zero-order valence-corrected chi connectivity index (χ0v) is 16.6. The maximum absolute atomic E-state index is 14.4. The van der Waals surface area contributed by atoms with Crippen LogP contribution in [0.5, 0.6) is 0 Å². The summed E-state index contributed by atoms with van der Waals surface area (Å²) in [4.78, 5) is 28.4. The first-order valence-electron chi connectivity index (χ1n) is 9.77. The van der Waals surface area contributed by atoms with Gasteiger partial charge in [-0.2, -0.15) is 5.10 Å². The normalized spacial score (nSPS) is 14.1. The summed E-state index contributed by atoms with van der Waals surface area (Å²) in [5.74, 6) is -0.191. The molecule has 0 N–H and O–H groups in total. The van der Waals surface area contributed by atoms with Crippen LogP contribution in [-0.2, 0) is 4.74 Å². The Bertz CT molecular complexity index is 1040. The molecule has 0 spiro atoms. The molecule has 9 heteroatoms. The molecular weight excluding hydrogens is 389 g/mol. The van der Waals surface area contributed by atoms with Crippen LogP contribution in [-0.4, -0.2) is 68.9 Å². The molecule has 1 aliphatic rings. The van der Waals surface area contributed by atoms with Gasteiger partial charge in [0, 0.05) is 38.6 Å². The molecule has 3 aromatic rings. The molecule has 8 nitrogen and oxygen atoms in total. The third-order valence-corrected chi connectivity index (χ3v) is 5.00. The number of aromatic nitrogens is 3. The zero-order valence-electron chi connectivity index (χ0n) is 16.6. The number of benzene rings is 1. The fraction of sp³-hybridized carbons (Fsp3) is 0.286. The monoisotopic (exact) mass is 411 g/mol. The van der Waals surface area contributed by atoms with Gasteiger partial charge in [-0.05, 0) is 31.2 Å². The lowest BCUT2D eigenvalue weighted by atomic mass is 10.2. The fourth-order valence-electron chi connectivity index (χ4n) is 3.49. The van der Waals surface area contributed by atoms with Gasteiger partial charge in [0.1, 0.15) is 17.1 Å². The molecule has 1 aliphatic heterocycles. The lowest BCUT2D eigenvalue weighted by molar-refractivity contribution is 0.0570. The molecule has 0 bridgehead atoms. The maximum atomic E-state index is 14.4. The molecule has 0 saturated carbocycles. The second-order valence-electron chi connectivity index (χ2n) is 6.81. The second-order valence-corrected chi connectivity index (χ2v) is 6.81. The summed E-state index contributed by atoms with van der Waals surface area (Å²) in [6, 6.07) is 9.94. The van der Waals surface area contributed by atoms with Crippen molar-refractivity contribution in [1.29, 1.82) is 0 Å². The summed E-state index contributed by atoms with van der Waals surface area (Å²) < 4.78 is 22.6. The van der Waals surface area contributed by atoms with Crippen LogP contribution in [0.3, 0.4) is 0 Å². The van der Waals surface area contributed by atoms with Crippen molar-refractivity contribution >= 4 is 12.0 Å². The van der Waals surface area contributed by atoms with Crippen LogP contribution in [0.4, 0.5) is 9.18 Å². The summed E-state index contributed by atoms with van der Waals surface area (Å²) in [6.07, 6.45) is 4.65. The van der Waals surface area contributed by atoms with Crippen molar-refractivity contribution in [3.8, 4) is 11.5 Å². The Labute approximate surface area is 173 Å². The van der Waals surface area contributed by atoms with Crippen LogP contribution in [0.15, 0.2) is 55.0 Å². The minimum atomic E-state index is -0.434. The van der Waals surface area contributed by atoms with E-state index in [0.717, 1.165) is 0 Å². The molecule has 2 amide bonds. The first-order valence-corrected chi connectivity index (χ1v) is 9.77. The molecule has 4 rings (SSSR count). The number of ether oxygens (including phenoxy) is 1. The highest BCUT2D eigenvalue weighted by Gasteiger charge is 2.29. The van der Waals surface area contributed by atoms with Crippen LogP contribution in [0.2, 0.25) is 0 Å². The number of nitrogens with zero attached hydrogens (tertiary/aromatic N) is 5. The average Bonchev–Trinajstić information content (AvgIpc) is 3.43. The quantitative estimate of drug-likeness (QED) is 0.662. The van der Waals surface area contributed by atoms with Gasteiger partial charge in [0.15, 0.2) is 5.82 Å². The molecule has 1 aromatic carbocycles. The SMILES string of the molecule is CCOC(=O)N1CCN(C(=O)c2cnn(-c3ccccc3F)c2-n2cccc2)CC1. The van der Waals surface area contributed by atoms with Crippen LogP contribution in [0.1, 0.15) is 17.3 Å². The lowest BCUT2D eigenvalue weighted by Gasteiger charge is -2.34. The van der Waals surface area contributed by atoms with Crippen molar-refractivity contribution in [3.63, 3.8) is 0 Å². The summed E-state index contributed by atoms with van der Waals surface area (Å²) in [7, 11) is 0. The van der Waals surface area contributed by atoms with Crippen LogP contribution in [0, 0.1) is 5.82 Å². The van der Waals surface area contributed by atoms with E-state index in [2.05, 4.69) is 5.10 Å². The molecule has 0 unspecified atom stereocenters. The largest absolute Gasteiger partial charge is 0.450 e. The van der Waals surface area contributed by atoms with E-state index in [1.54, 1.807) is 51.9 Å². The molecule has 0 atom stereocenters. The van der Waals surface area contributed by atoms with Gasteiger partial charge in [-0.3, -0.25) is 4.79 Å². The number of rotatable bonds is 4. The predicted molar refractivity (Wildman–Crippen MR) is 107 cm³/mol. The third kappa shape index (κ3) is 3.66. The smallest absolute Gasteiger partial charge is 0.409 e. The number of amides is 2. The average molecular weight is 411 g/mol. The van der Waals surface area contributed by atoms with Gasteiger partial charge in [0.05, 0.1) is 12.8 Å². The Hall–Kier alpha value is -3.62. The van der Waals surface area contributed by atoms with Crippen molar-refractivity contribution in [2.75, 3.05) is 32.8 Å². The highest BCUT2D eigenvalue weighted by atomic mass is 19.1. The first kappa shape index (κ1) is 19.7. The Morgan fingerprint density at radius 2 is 1.70 bits per heavy atom. The second kappa shape index (κ2) is 8.40. The standard InChI is InChI=1S/C21H22FN5O3/c1-2-30-21(29)26-13-11-25(12-14-26)20(28)16-15-23-27(18-8-4-3-7-17(18)22)19(16)24-9-5-6-10-24/h3-10,15H,2,11-14H2,1H3. The van der Waals surface area contributed by atoms with Gasteiger partial charge in [0.2, 0.25) is 0 Å². The molecule has 1 fully saturated rings. The highest BCUT2D eigenvalue weighted by molar-refractivity contribution is 5.97. The van der Waals surface area contributed by atoms with Crippen molar-refractivity contribution in [2.45, 2.75) is 6.92 Å². The molecule has 0 radical (unpaired) electrons. The van der Waals surface area contributed by atoms with Crippen LogP contribution in [0.25, 0.3) is 11.5 Å². The van der Waals surface area contributed by atoms with Crippen LogP contribution >= 0.6 is 0 Å². The Morgan fingerprint density at radius 3 is 2.37 bits per heavy atom. The molecular formula is C21H22FN5O3. The van der Waals surface area contributed by atoms with E-state index in [0.29, 0.717) is 44.2 Å².